The average Bonchev–Trinajstić information content (AvgIpc) is 2.87. The molecule has 0 unspecified atom stereocenters. The van der Waals surface area contributed by atoms with Gasteiger partial charge in [0, 0.05) is 12.0 Å². The Balaban J connectivity index is 2.42. The lowest BCUT2D eigenvalue weighted by atomic mass is 10.1. The zero-order valence-electron chi connectivity index (χ0n) is 11.4. The minimum atomic E-state index is 0.552. The van der Waals surface area contributed by atoms with E-state index in [0.29, 0.717) is 30.4 Å². The van der Waals surface area contributed by atoms with Crippen LogP contribution in [0.1, 0.15) is 11.3 Å². The van der Waals surface area contributed by atoms with Crippen LogP contribution in [0.5, 0.6) is 11.5 Å². The number of nitrogens with two attached hydrogens (primary N) is 1. The molecule has 2 N–H and O–H groups in total. The summed E-state index contributed by atoms with van der Waals surface area (Å²) in [6, 6.07) is 3.77. The van der Waals surface area contributed by atoms with Gasteiger partial charge in [-0.25, -0.2) is 4.98 Å². The summed E-state index contributed by atoms with van der Waals surface area (Å²) in [5.74, 6) is 1.92. The normalized spacial score (nSPS) is 10.5. The maximum atomic E-state index is 5.50. The Kier molecular flexibility index (Phi) is 4.06. The summed E-state index contributed by atoms with van der Waals surface area (Å²) in [5, 5.41) is 0. The van der Waals surface area contributed by atoms with Crippen molar-refractivity contribution in [3.05, 3.63) is 29.7 Å². The summed E-state index contributed by atoms with van der Waals surface area (Å²) in [6.45, 7) is 2.53. The van der Waals surface area contributed by atoms with Crippen molar-refractivity contribution in [1.29, 1.82) is 0 Å². The molecule has 1 heterocycles. The Labute approximate surface area is 112 Å². The first-order chi connectivity index (χ1) is 9.19. The van der Waals surface area contributed by atoms with Gasteiger partial charge in [0.1, 0.15) is 6.26 Å². The van der Waals surface area contributed by atoms with Gasteiger partial charge in [0.15, 0.2) is 11.5 Å². The van der Waals surface area contributed by atoms with Crippen molar-refractivity contribution < 1.29 is 13.9 Å². The van der Waals surface area contributed by atoms with Gasteiger partial charge in [-0.2, -0.15) is 0 Å². The standard InChI is InChI=1S/C14H18N2O3/c1-9-6-12(17-2)13(18-3)7-11(9)14-16-10(4-5-15)8-19-14/h6-8H,4-5,15H2,1-3H3. The molecule has 102 valence electrons. The largest absolute Gasteiger partial charge is 0.493 e. The van der Waals surface area contributed by atoms with Gasteiger partial charge in [-0.3, -0.25) is 0 Å². The van der Waals surface area contributed by atoms with E-state index in [9.17, 15) is 0 Å². The zero-order chi connectivity index (χ0) is 13.8. The highest BCUT2D eigenvalue weighted by molar-refractivity contribution is 5.64. The number of benzene rings is 1. The highest BCUT2D eigenvalue weighted by atomic mass is 16.5. The van der Waals surface area contributed by atoms with E-state index >= 15 is 0 Å². The number of methoxy groups -OCH3 is 2. The third-order valence-corrected chi connectivity index (χ3v) is 2.91. The molecule has 5 nitrogen and oxygen atoms in total. The molecule has 0 amide bonds. The van der Waals surface area contributed by atoms with E-state index in [1.165, 1.54) is 0 Å². The second-order valence-corrected chi connectivity index (χ2v) is 4.20. The maximum absolute atomic E-state index is 5.50. The van der Waals surface area contributed by atoms with Crippen molar-refractivity contribution in [2.45, 2.75) is 13.3 Å². The lowest BCUT2D eigenvalue weighted by Gasteiger charge is -2.10. The number of aryl methyl sites for hydroxylation is 1. The van der Waals surface area contributed by atoms with Crippen molar-refractivity contribution in [1.82, 2.24) is 4.98 Å². The molecule has 2 aromatic rings. The third kappa shape index (κ3) is 2.71. The van der Waals surface area contributed by atoms with Crippen LogP contribution in [-0.4, -0.2) is 25.7 Å². The van der Waals surface area contributed by atoms with Crippen molar-refractivity contribution in [3.63, 3.8) is 0 Å². The van der Waals surface area contributed by atoms with Crippen molar-refractivity contribution in [2.75, 3.05) is 20.8 Å². The molecule has 2 rings (SSSR count). The van der Waals surface area contributed by atoms with Crippen LogP contribution in [0.4, 0.5) is 0 Å². The van der Waals surface area contributed by atoms with Gasteiger partial charge < -0.3 is 19.6 Å². The number of rotatable bonds is 5. The first-order valence-corrected chi connectivity index (χ1v) is 6.07. The van der Waals surface area contributed by atoms with E-state index in [0.717, 1.165) is 16.8 Å². The lowest BCUT2D eigenvalue weighted by molar-refractivity contribution is 0.354. The van der Waals surface area contributed by atoms with Crippen LogP contribution in [0.15, 0.2) is 22.8 Å². The van der Waals surface area contributed by atoms with Crippen LogP contribution in [0.3, 0.4) is 0 Å². The molecule has 0 aliphatic rings. The molecule has 0 atom stereocenters. The highest BCUT2D eigenvalue weighted by Gasteiger charge is 2.14. The fourth-order valence-electron chi connectivity index (χ4n) is 1.90. The highest BCUT2D eigenvalue weighted by Crippen LogP contribution is 2.34. The van der Waals surface area contributed by atoms with Crippen molar-refractivity contribution in [3.8, 4) is 23.0 Å². The topological polar surface area (TPSA) is 70.5 Å². The first-order valence-electron chi connectivity index (χ1n) is 6.07. The van der Waals surface area contributed by atoms with Crippen LogP contribution in [0.25, 0.3) is 11.5 Å². The van der Waals surface area contributed by atoms with Gasteiger partial charge in [0.2, 0.25) is 5.89 Å². The smallest absolute Gasteiger partial charge is 0.226 e. The SMILES string of the molecule is COc1cc(C)c(-c2nc(CCN)co2)cc1OC. The Morgan fingerprint density at radius 1 is 1.21 bits per heavy atom. The second kappa shape index (κ2) is 5.75. The zero-order valence-corrected chi connectivity index (χ0v) is 11.4. The monoisotopic (exact) mass is 262 g/mol. The fraction of sp³-hybridized carbons (Fsp3) is 0.357. The maximum Gasteiger partial charge on any atom is 0.226 e. The summed E-state index contributed by atoms with van der Waals surface area (Å²) in [4.78, 5) is 4.42. The molecule has 0 aliphatic heterocycles. The summed E-state index contributed by atoms with van der Waals surface area (Å²) >= 11 is 0. The third-order valence-electron chi connectivity index (χ3n) is 2.91. The Morgan fingerprint density at radius 2 is 1.89 bits per heavy atom. The molecule has 0 spiro atoms. The number of ether oxygens (including phenoxy) is 2. The van der Waals surface area contributed by atoms with E-state index in [2.05, 4.69) is 4.98 Å². The molecule has 19 heavy (non-hydrogen) atoms. The number of hydrogen-bond acceptors (Lipinski definition) is 5. The minimum absolute atomic E-state index is 0.552. The van der Waals surface area contributed by atoms with E-state index in [-0.39, 0.29) is 0 Å². The van der Waals surface area contributed by atoms with Crippen molar-refractivity contribution in [2.24, 2.45) is 5.73 Å². The molecular weight excluding hydrogens is 244 g/mol. The minimum Gasteiger partial charge on any atom is -0.493 e. The predicted molar refractivity (Wildman–Crippen MR) is 72.5 cm³/mol. The quantitative estimate of drug-likeness (QED) is 0.894. The molecule has 0 fully saturated rings. The summed E-state index contributed by atoms with van der Waals surface area (Å²) in [6.07, 6.45) is 2.34. The van der Waals surface area contributed by atoms with E-state index in [1.807, 2.05) is 19.1 Å². The fourth-order valence-corrected chi connectivity index (χ4v) is 1.90. The van der Waals surface area contributed by atoms with Gasteiger partial charge in [-0.15, -0.1) is 0 Å². The molecule has 0 aliphatic carbocycles. The molecule has 5 heteroatoms. The van der Waals surface area contributed by atoms with E-state index < -0.39 is 0 Å². The van der Waals surface area contributed by atoms with Crippen molar-refractivity contribution >= 4 is 0 Å². The average molecular weight is 262 g/mol. The molecule has 1 aromatic carbocycles. The Hall–Kier alpha value is -2.01. The molecule has 1 aromatic heterocycles. The molecule has 0 bridgehead atoms. The summed E-state index contributed by atoms with van der Waals surface area (Å²) < 4.78 is 16.0. The lowest BCUT2D eigenvalue weighted by Crippen LogP contribution is -2.02. The van der Waals surface area contributed by atoms with Crippen LogP contribution in [-0.2, 0) is 6.42 Å². The van der Waals surface area contributed by atoms with Gasteiger partial charge in [-0.1, -0.05) is 0 Å². The van der Waals surface area contributed by atoms with Crippen LogP contribution < -0.4 is 15.2 Å². The number of hydrogen-bond donors (Lipinski definition) is 1. The van der Waals surface area contributed by atoms with E-state index in [4.69, 9.17) is 19.6 Å². The van der Waals surface area contributed by atoms with E-state index in [1.54, 1.807) is 20.5 Å². The van der Waals surface area contributed by atoms with Gasteiger partial charge in [-0.05, 0) is 31.2 Å². The van der Waals surface area contributed by atoms with Gasteiger partial charge in [0.05, 0.1) is 19.9 Å². The molecular formula is C14H18N2O3. The Bertz CT molecular complexity index is 564. The predicted octanol–water partition coefficient (Wildman–Crippen LogP) is 2.17. The number of oxazole rings is 1. The Morgan fingerprint density at radius 3 is 2.53 bits per heavy atom. The summed E-state index contributed by atoms with van der Waals surface area (Å²) in [5.41, 5.74) is 8.26. The molecule has 0 saturated heterocycles. The molecule has 0 saturated carbocycles. The summed E-state index contributed by atoms with van der Waals surface area (Å²) in [7, 11) is 3.22. The second-order valence-electron chi connectivity index (χ2n) is 4.20. The van der Waals surface area contributed by atoms with Crippen LogP contribution in [0, 0.1) is 6.92 Å². The van der Waals surface area contributed by atoms with Crippen LogP contribution >= 0.6 is 0 Å². The van der Waals surface area contributed by atoms with Gasteiger partial charge >= 0.3 is 0 Å². The first kappa shape index (κ1) is 13.4. The van der Waals surface area contributed by atoms with Gasteiger partial charge in [0.25, 0.3) is 0 Å². The number of nitrogens with zero attached hydrogens (tertiary/aromatic N) is 1. The number of aromatic nitrogens is 1. The van der Waals surface area contributed by atoms with Crippen LogP contribution in [0.2, 0.25) is 0 Å². The molecule has 0 radical (unpaired) electrons.